The van der Waals surface area contributed by atoms with Gasteiger partial charge < -0.3 is 5.11 Å². The number of aliphatic hydroxyl groups is 1. The summed E-state index contributed by atoms with van der Waals surface area (Å²) >= 11 is 0. The van der Waals surface area contributed by atoms with Crippen LogP contribution >= 0.6 is 0 Å². The molecule has 1 saturated carbocycles. The lowest BCUT2D eigenvalue weighted by Gasteiger charge is -2.45. The molecule has 2 atom stereocenters. The third-order valence-electron chi connectivity index (χ3n) is 5.92. The van der Waals surface area contributed by atoms with Crippen molar-refractivity contribution in [2.24, 2.45) is 10.8 Å². The highest BCUT2D eigenvalue weighted by Gasteiger charge is 2.44. The van der Waals surface area contributed by atoms with E-state index in [4.69, 9.17) is 0 Å². The van der Waals surface area contributed by atoms with Gasteiger partial charge in [-0.2, -0.15) is 0 Å². The standard InChI is InChI=1S/C16H31NO/c1-5-16(6-2)10-11-17(12-16)13-8-7-9-15(3,4)14(13)18/h13-14,18H,5-12H2,1-4H3. The zero-order valence-corrected chi connectivity index (χ0v) is 12.7. The summed E-state index contributed by atoms with van der Waals surface area (Å²) in [6.45, 7) is 11.5. The smallest absolute Gasteiger partial charge is 0.0746 e. The van der Waals surface area contributed by atoms with Crippen LogP contribution in [0.3, 0.4) is 0 Å². The first-order valence-electron chi connectivity index (χ1n) is 7.86. The van der Waals surface area contributed by atoms with Crippen molar-refractivity contribution in [3.63, 3.8) is 0 Å². The maximum Gasteiger partial charge on any atom is 0.0746 e. The zero-order valence-electron chi connectivity index (χ0n) is 12.7. The fourth-order valence-corrected chi connectivity index (χ4v) is 4.06. The minimum atomic E-state index is -0.143. The molecule has 0 aromatic carbocycles. The topological polar surface area (TPSA) is 23.5 Å². The Morgan fingerprint density at radius 1 is 1.17 bits per heavy atom. The molecular formula is C16H31NO. The molecule has 2 aliphatic rings. The van der Waals surface area contributed by atoms with E-state index < -0.39 is 0 Å². The summed E-state index contributed by atoms with van der Waals surface area (Å²) in [6, 6.07) is 0.411. The van der Waals surface area contributed by atoms with E-state index in [9.17, 15) is 5.11 Å². The number of hydrogen-bond acceptors (Lipinski definition) is 2. The van der Waals surface area contributed by atoms with Gasteiger partial charge in [-0.05, 0) is 49.5 Å². The van der Waals surface area contributed by atoms with Gasteiger partial charge in [0.1, 0.15) is 0 Å². The maximum atomic E-state index is 10.6. The first-order valence-corrected chi connectivity index (χ1v) is 7.86. The van der Waals surface area contributed by atoms with Gasteiger partial charge in [-0.3, -0.25) is 4.90 Å². The van der Waals surface area contributed by atoms with Gasteiger partial charge in [0.25, 0.3) is 0 Å². The van der Waals surface area contributed by atoms with E-state index in [1.807, 2.05) is 0 Å². The Bertz CT molecular complexity index is 283. The summed E-state index contributed by atoms with van der Waals surface area (Å²) in [4.78, 5) is 2.60. The van der Waals surface area contributed by atoms with Gasteiger partial charge in [0.05, 0.1) is 6.10 Å². The van der Waals surface area contributed by atoms with Crippen LogP contribution < -0.4 is 0 Å². The zero-order chi connectivity index (χ0) is 13.4. The maximum absolute atomic E-state index is 10.6. The van der Waals surface area contributed by atoms with Crippen LogP contribution in [-0.4, -0.2) is 35.2 Å². The molecule has 2 fully saturated rings. The molecule has 1 saturated heterocycles. The number of hydrogen-bond donors (Lipinski definition) is 1. The monoisotopic (exact) mass is 253 g/mol. The second-order valence-electron chi connectivity index (χ2n) is 7.32. The van der Waals surface area contributed by atoms with Gasteiger partial charge in [0.2, 0.25) is 0 Å². The molecule has 106 valence electrons. The van der Waals surface area contributed by atoms with Gasteiger partial charge in [-0.15, -0.1) is 0 Å². The molecule has 1 N–H and O–H groups in total. The SMILES string of the molecule is CCC1(CC)CCN(C2CCCC(C)(C)C2O)C1. The number of rotatable bonds is 3. The fraction of sp³-hybridized carbons (Fsp3) is 1.00. The van der Waals surface area contributed by atoms with Gasteiger partial charge in [-0.1, -0.05) is 34.1 Å². The van der Waals surface area contributed by atoms with Crippen LogP contribution in [0.1, 0.15) is 66.2 Å². The summed E-state index contributed by atoms with van der Waals surface area (Å²) in [7, 11) is 0. The number of nitrogens with zero attached hydrogens (tertiary/aromatic N) is 1. The Balaban J connectivity index is 2.05. The van der Waals surface area contributed by atoms with Crippen LogP contribution in [0.4, 0.5) is 0 Å². The molecule has 2 rings (SSSR count). The van der Waals surface area contributed by atoms with Crippen molar-refractivity contribution in [2.75, 3.05) is 13.1 Å². The molecule has 1 aliphatic heterocycles. The predicted octanol–water partition coefficient (Wildman–Crippen LogP) is 3.44. The third kappa shape index (κ3) is 2.46. The van der Waals surface area contributed by atoms with Gasteiger partial charge in [-0.25, -0.2) is 0 Å². The summed E-state index contributed by atoms with van der Waals surface area (Å²) in [6.07, 6.45) is 7.38. The average Bonchev–Trinajstić information content (AvgIpc) is 2.78. The molecular weight excluding hydrogens is 222 g/mol. The molecule has 2 nitrogen and oxygen atoms in total. The molecule has 0 aromatic rings. The Kier molecular flexibility index (Phi) is 4.08. The van der Waals surface area contributed by atoms with E-state index >= 15 is 0 Å². The van der Waals surface area contributed by atoms with E-state index in [0.29, 0.717) is 11.5 Å². The van der Waals surface area contributed by atoms with Crippen molar-refractivity contribution >= 4 is 0 Å². The molecule has 2 unspecified atom stereocenters. The fourth-order valence-electron chi connectivity index (χ4n) is 4.06. The van der Waals surface area contributed by atoms with E-state index in [-0.39, 0.29) is 11.5 Å². The predicted molar refractivity (Wildman–Crippen MR) is 76.6 cm³/mol. The van der Waals surface area contributed by atoms with Crippen molar-refractivity contribution in [1.29, 1.82) is 0 Å². The number of aliphatic hydroxyl groups excluding tert-OH is 1. The van der Waals surface area contributed by atoms with Crippen LogP contribution in [-0.2, 0) is 0 Å². The van der Waals surface area contributed by atoms with E-state index in [1.165, 1.54) is 51.6 Å². The van der Waals surface area contributed by atoms with Crippen LogP contribution in [0.2, 0.25) is 0 Å². The van der Waals surface area contributed by atoms with Crippen LogP contribution in [0, 0.1) is 10.8 Å². The molecule has 1 heterocycles. The normalized spacial score (nSPS) is 35.8. The molecule has 1 aliphatic carbocycles. The second kappa shape index (κ2) is 5.13. The van der Waals surface area contributed by atoms with Gasteiger partial charge >= 0.3 is 0 Å². The Morgan fingerprint density at radius 3 is 2.39 bits per heavy atom. The quantitative estimate of drug-likeness (QED) is 0.833. The summed E-state index contributed by atoms with van der Waals surface area (Å²) < 4.78 is 0. The third-order valence-corrected chi connectivity index (χ3v) is 5.92. The van der Waals surface area contributed by atoms with Crippen molar-refractivity contribution < 1.29 is 5.11 Å². The van der Waals surface area contributed by atoms with Crippen molar-refractivity contribution in [3.05, 3.63) is 0 Å². The molecule has 2 heteroatoms. The molecule has 18 heavy (non-hydrogen) atoms. The lowest BCUT2D eigenvalue weighted by Crippen LogP contribution is -2.52. The minimum Gasteiger partial charge on any atom is -0.391 e. The van der Waals surface area contributed by atoms with E-state index in [2.05, 4.69) is 32.6 Å². The minimum absolute atomic E-state index is 0.104. The first kappa shape index (κ1) is 14.3. The van der Waals surface area contributed by atoms with Crippen LogP contribution in [0.5, 0.6) is 0 Å². The summed E-state index contributed by atoms with van der Waals surface area (Å²) in [5, 5.41) is 10.6. The second-order valence-corrected chi connectivity index (χ2v) is 7.32. The lowest BCUT2D eigenvalue weighted by molar-refractivity contribution is -0.0538. The molecule has 0 bridgehead atoms. The van der Waals surface area contributed by atoms with E-state index in [1.54, 1.807) is 0 Å². The van der Waals surface area contributed by atoms with Gasteiger partial charge in [0.15, 0.2) is 0 Å². The molecule has 0 amide bonds. The molecule has 0 spiro atoms. The van der Waals surface area contributed by atoms with Gasteiger partial charge in [0, 0.05) is 12.6 Å². The first-order chi connectivity index (χ1) is 8.44. The molecule has 0 radical (unpaired) electrons. The average molecular weight is 253 g/mol. The lowest BCUT2D eigenvalue weighted by atomic mass is 9.72. The van der Waals surface area contributed by atoms with Crippen LogP contribution in [0.15, 0.2) is 0 Å². The molecule has 0 aromatic heterocycles. The number of likely N-dealkylation sites (tertiary alicyclic amines) is 1. The Hall–Kier alpha value is -0.0800. The van der Waals surface area contributed by atoms with Crippen molar-refractivity contribution in [3.8, 4) is 0 Å². The highest BCUT2D eigenvalue weighted by atomic mass is 16.3. The summed E-state index contributed by atoms with van der Waals surface area (Å²) in [5.74, 6) is 0. The van der Waals surface area contributed by atoms with Crippen molar-refractivity contribution in [2.45, 2.75) is 78.4 Å². The Morgan fingerprint density at radius 2 is 1.83 bits per heavy atom. The van der Waals surface area contributed by atoms with Crippen LogP contribution in [0.25, 0.3) is 0 Å². The van der Waals surface area contributed by atoms with E-state index in [0.717, 1.165) is 0 Å². The summed E-state index contributed by atoms with van der Waals surface area (Å²) in [5.41, 5.74) is 0.633. The largest absolute Gasteiger partial charge is 0.391 e. The highest BCUT2D eigenvalue weighted by Crippen LogP contribution is 2.43. The van der Waals surface area contributed by atoms with Crippen molar-refractivity contribution in [1.82, 2.24) is 4.90 Å². The highest BCUT2D eigenvalue weighted by molar-refractivity contribution is 4.98. The Labute approximate surface area is 113 Å².